The molecule has 1 N–H and O–H groups in total. The van der Waals surface area contributed by atoms with Crippen LogP contribution < -0.4 is 5.32 Å². The summed E-state index contributed by atoms with van der Waals surface area (Å²) in [5, 5.41) is 13.6. The molecule has 0 unspecified atom stereocenters. The molecule has 0 aromatic carbocycles. The average Bonchev–Trinajstić information content (AvgIpc) is 3.36. The highest BCUT2D eigenvalue weighted by Crippen LogP contribution is 2.45. The van der Waals surface area contributed by atoms with Crippen molar-refractivity contribution in [3.8, 4) is 0 Å². The lowest BCUT2D eigenvalue weighted by Gasteiger charge is -2.08. The fraction of sp³-hybridized carbons (Fsp3) is 0.875. The molecule has 0 spiro atoms. The molecule has 4 nitrogen and oxygen atoms in total. The summed E-state index contributed by atoms with van der Waals surface area (Å²) >= 11 is 1.91. The van der Waals surface area contributed by atoms with E-state index in [4.69, 9.17) is 0 Å². The summed E-state index contributed by atoms with van der Waals surface area (Å²) in [4.78, 5) is 0. The Labute approximate surface area is 132 Å². The van der Waals surface area contributed by atoms with Gasteiger partial charge in [-0.15, -0.1) is 10.2 Å². The third-order valence-electron chi connectivity index (χ3n) is 4.08. The Morgan fingerprint density at radius 3 is 2.67 bits per heavy atom. The van der Waals surface area contributed by atoms with Crippen LogP contribution in [0.4, 0.5) is 0 Å². The van der Waals surface area contributed by atoms with Gasteiger partial charge in [-0.1, -0.05) is 25.6 Å². The van der Waals surface area contributed by atoms with Gasteiger partial charge in [-0.25, -0.2) is 0 Å². The first-order valence-corrected chi connectivity index (χ1v) is 9.52. The quantitative estimate of drug-likeness (QED) is 0.530. The van der Waals surface area contributed by atoms with Crippen molar-refractivity contribution in [3.05, 3.63) is 5.82 Å². The summed E-state index contributed by atoms with van der Waals surface area (Å²) in [7, 11) is 0. The molecule has 0 atom stereocenters. The highest BCUT2D eigenvalue weighted by atomic mass is 32.2. The van der Waals surface area contributed by atoms with Gasteiger partial charge >= 0.3 is 0 Å². The molecule has 0 saturated heterocycles. The number of unbranched alkanes of at least 4 members (excludes halogenated alkanes) is 1. The summed E-state index contributed by atoms with van der Waals surface area (Å²) in [5.74, 6) is 3.90. The Morgan fingerprint density at radius 2 is 2.00 bits per heavy atom. The Kier molecular flexibility index (Phi) is 5.22. The number of hydrogen-bond acceptors (Lipinski definition) is 4. The van der Waals surface area contributed by atoms with Gasteiger partial charge in [-0.3, -0.25) is 0 Å². The van der Waals surface area contributed by atoms with E-state index >= 15 is 0 Å². The van der Waals surface area contributed by atoms with Gasteiger partial charge in [0.1, 0.15) is 5.82 Å². The first-order valence-electron chi connectivity index (χ1n) is 8.54. The average molecular weight is 308 g/mol. The van der Waals surface area contributed by atoms with Crippen molar-refractivity contribution in [1.82, 2.24) is 20.1 Å². The molecule has 0 bridgehead atoms. The number of thioether (sulfide) groups is 1. The van der Waals surface area contributed by atoms with Crippen molar-refractivity contribution in [2.75, 3.05) is 18.8 Å². The maximum atomic E-state index is 4.47. The second kappa shape index (κ2) is 7.14. The lowest BCUT2D eigenvalue weighted by molar-refractivity contribution is 0.541. The van der Waals surface area contributed by atoms with E-state index < -0.39 is 0 Å². The van der Waals surface area contributed by atoms with E-state index in [2.05, 4.69) is 33.9 Å². The van der Waals surface area contributed by atoms with Crippen molar-refractivity contribution in [3.63, 3.8) is 0 Å². The smallest absolute Gasteiger partial charge is 0.191 e. The maximum absolute atomic E-state index is 4.47. The molecule has 1 heterocycles. The molecule has 0 radical (unpaired) electrons. The molecule has 2 aliphatic carbocycles. The first kappa shape index (κ1) is 15.3. The lowest BCUT2D eigenvalue weighted by Crippen LogP contribution is -2.20. The molecule has 2 aliphatic rings. The van der Waals surface area contributed by atoms with E-state index in [1.54, 1.807) is 0 Å². The zero-order chi connectivity index (χ0) is 14.7. The van der Waals surface area contributed by atoms with E-state index in [0.29, 0.717) is 12.0 Å². The topological polar surface area (TPSA) is 42.7 Å². The van der Waals surface area contributed by atoms with E-state index in [-0.39, 0.29) is 0 Å². The molecule has 21 heavy (non-hydrogen) atoms. The first-order chi connectivity index (χ1) is 10.3. The van der Waals surface area contributed by atoms with E-state index in [1.807, 2.05) is 11.8 Å². The van der Waals surface area contributed by atoms with Gasteiger partial charge in [0.05, 0.1) is 0 Å². The summed E-state index contributed by atoms with van der Waals surface area (Å²) in [6, 6.07) is 0.714. The van der Waals surface area contributed by atoms with Crippen LogP contribution in [0.1, 0.15) is 70.2 Å². The molecule has 2 fully saturated rings. The number of hydrogen-bond donors (Lipinski definition) is 1. The van der Waals surface area contributed by atoms with E-state index in [9.17, 15) is 0 Å². The third kappa shape index (κ3) is 4.46. The van der Waals surface area contributed by atoms with Crippen LogP contribution in [0.15, 0.2) is 5.16 Å². The van der Waals surface area contributed by atoms with Crippen LogP contribution in [0.3, 0.4) is 0 Å². The van der Waals surface area contributed by atoms with Crippen molar-refractivity contribution >= 4 is 11.8 Å². The minimum atomic E-state index is 0.714. The molecular weight excluding hydrogens is 280 g/mol. The van der Waals surface area contributed by atoms with Gasteiger partial charge in [0, 0.05) is 17.7 Å². The van der Waals surface area contributed by atoms with E-state index in [1.165, 1.54) is 55.3 Å². The fourth-order valence-corrected chi connectivity index (χ4v) is 3.60. The van der Waals surface area contributed by atoms with Crippen LogP contribution >= 0.6 is 11.8 Å². The lowest BCUT2D eigenvalue weighted by atomic mass is 10.2. The highest BCUT2D eigenvalue weighted by molar-refractivity contribution is 7.99. The SMILES string of the molecule is CC(C)CNCCCCSc1nnc(C2CC2)n1C1CC1. The van der Waals surface area contributed by atoms with Crippen LogP contribution in [0.2, 0.25) is 0 Å². The fourth-order valence-electron chi connectivity index (χ4n) is 2.59. The molecule has 1 aromatic rings. The molecule has 0 aliphatic heterocycles. The van der Waals surface area contributed by atoms with Crippen molar-refractivity contribution in [2.24, 2.45) is 5.92 Å². The Bertz CT molecular complexity index is 449. The van der Waals surface area contributed by atoms with Crippen molar-refractivity contribution in [1.29, 1.82) is 0 Å². The maximum Gasteiger partial charge on any atom is 0.191 e. The highest BCUT2D eigenvalue weighted by Gasteiger charge is 2.36. The van der Waals surface area contributed by atoms with Crippen LogP contribution in [0, 0.1) is 5.92 Å². The van der Waals surface area contributed by atoms with Crippen molar-refractivity contribution in [2.45, 2.75) is 69.5 Å². The molecule has 118 valence electrons. The molecular formula is C16H28N4S. The standard InChI is InChI=1S/C16H28N4S/c1-12(2)11-17-9-3-4-10-21-16-19-18-15(13-5-6-13)20(16)14-7-8-14/h12-14,17H,3-11H2,1-2H3. The van der Waals surface area contributed by atoms with Gasteiger partial charge in [-0.2, -0.15) is 0 Å². The van der Waals surface area contributed by atoms with Gasteiger partial charge in [0.25, 0.3) is 0 Å². The largest absolute Gasteiger partial charge is 0.316 e. The minimum absolute atomic E-state index is 0.714. The zero-order valence-electron chi connectivity index (χ0n) is 13.3. The molecule has 1 aromatic heterocycles. The summed E-state index contributed by atoms with van der Waals surface area (Å²) < 4.78 is 2.46. The summed E-state index contributed by atoms with van der Waals surface area (Å²) in [6.07, 6.45) is 7.79. The van der Waals surface area contributed by atoms with Crippen LogP contribution in [-0.2, 0) is 0 Å². The molecule has 5 heteroatoms. The molecule has 0 amide bonds. The predicted molar refractivity (Wildman–Crippen MR) is 87.9 cm³/mol. The molecule has 3 rings (SSSR count). The van der Waals surface area contributed by atoms with Gasteiger partial charge in [0.15, 0.2) is 5.16 Å². The van der Waals surface area contributed by atoms with Crippen LogP contribution in [0.5, 0.6) is 0 Å². The Morgan fingerprint density at radius 1 is 1.19 bits per heavy atom. The monoisotopic (exact) mass is 308 g/mol. The second-order valence-corrected chi connectivity index (χ2v) is 7.93. The van der Waals surface area contributed by atoms with Gasteiger partial charge in [-0.05, 0) is 57.5 Å². The van der Waals surface area contributed by atoms with Gasteiger partial charge < -0.3 is 9.88 Å². The number of nitrogens with zero attached hydrogens (tertiary/aromatic N) is 3. The summed E-state index contributed by atoms with van der Waals surface area (Å²) in [5.41, 5.74) is 0. The molecule has 2 saturated carbocycles. The normalized spacial score (nSPS) is 18.6. The number of aromatic nitrogens is 3. The summed E-state index contributed by atoms with van der Waals surface area (Å²) in [6.45, 7) is 6.78. The van der Waals surface area contributed by atoms with Crippen molar-refractivity contribution < 1.29 is 0 Å². The van der Waals surface area contributed by atoms with Crippen LogP contribution in [0.25, 0.3) is 0 Å². The zero-order valence-corrected chi connectivity index (χ0v) is 14.2. The van der Waals surface area contributed by atoms with Gasteiger partial charge in [0.2, 0.25) is 0 Å². The number of nitrogens with one attached hydrogen (secondary N) is 1. The Balaban J connectivity index is 1.39. The minimum Gasteiger partial charge on any atom is -0.316 e. The number of rotatable bonds is 10. The third-order valence-corrected chi connectivity index (χ3v) is 5.11. The second-order valence-electron chi connectivity index (χ2n) is 6.87. The Hall–Kier alpha value is -0.550. The van der Waals surface area contributed by atoms with E-state index in [0.717, 1.165) is 19.0 Å². The van der Waals surface area contributed by atoms with Crippen LogP contribution in [-0.4, -0.2) is 33.6 Å². The predicted octanol–water partition coefficient (Wildman–Crippen LogP) is 3.61.